The normalized spacial score (nSPS) is 18.5. The van der Waals surface area contributed by atoms with E-state index in [1.807, 2.05) is 41.0 Å². The number of allylic oxidation sites excluding steroid dienone is 1. The Morgan fingerprint density at radius 3 is 2.61 bits per heavy atom. The number of nitrogens with zero attached hydrogens (tertiary/aromatic N) is 1. The molecule has 3 aromatic rings. The molecule has 7 heteroatoms. The molecule has 2 atom stereocenters. The van der Waals surface area contributed by atoms with Gasteiger partial charge in [0.25, 0.3) is 5.91 Å². The van der Waals surface area contributed by atoms with Crippen LogP contribution in [0.3, 0.4) is 0 Å². The first-order valence-electron chi connectivity index (χ1n) is 11.1. The summed E-state index contributed by atoms with van der Waals surface area (Å²) in [5, 5.41) is 21.5. The predicted molar refractivity (Wildman–Crippen MR) is 130 cm³/mol. The molecule has 33 heavy (non-hydrogen) atoms. The number of hydrogen-bond acceptors (Lipinski definition) is 5. The van der Waals surface area contributed by atoms with Crippen LogP contribution in [0.15, 0.2) is 71.8 Å². The lowest BCUT2D eigenvalue weighted by Gasteiger charge is -2.28. The highest BCUT2D eigenvalue weighted by Crippen LogP contribution is 2.19. The molecular weight excluding hydrogens is 416 g/mol. The third-order valence-electron chi connectivity index (χ3n) is 6.16. The van der Waals surface area contributed by atoms with Crippen LogP contribution in [0.4, 0.5) is 0 Å². The Kier molecular flexibility index (Phi) is 6.70. The van der Waals surface area contributed by atoms with Crippen LogP contribution < -0.4 is 16.5 Å². The number of para-hydroxylation sites is 1. The van der Waals surface area contributed by atoms with Gasteiger partial charge in [0.05, 0.1) is 23.4 Å². The smallest absolute Gasteiger partial charge is 0.257 e. The van der Waals surface area contributed by atoms with Crippen molar-refractivity contribution in [3.05, 3.63) is 93.9 Å². The Bertz CT molecular complexity index is 1260. The minimum atomic E-state index is -0.586. The van der Waals surface area contributed by atoms with Gasteiger partial charge in [0.15, 0.2) is 0 Å². The van der Waals surface area contributed by atoms with Gasteiger partial charge in [0.2, 0.25) is 5.43 Å². The van der Waals surface area contributed by atoms with Gasteiger partial charge in [-0.3, -0.25) is 9.59 Å². The fourth-order valence-corrected chi connectivity index (χ4v) is 4.34. The number of amides is 1. The van der Waals surface area contributed by atoms with Crippen molar-refractivity contribution in [2.24, 2.45) is 5.73 Å². The highest BCUT2D eigenvalue weighted by Gasteiger charge is 2.26. The molecule has 1 aliphatic rings. The van der Waals surface area contributed by atoms with Crippen LogP contribution in [0, 0.1) is 5.41 Å². The number of nitrogens with one attached hydrogen (secondary N) is 2. The fraction of sp³-hybridized carbons (Fsp3) is 0.269. The van der Waals surface area contributed by atoms with Gasteiger partial charge < -0.3 is 26.1 Å². The van der Waals surface area contributed by atoms with Gasteiger partial charge >= 0.3 is 0 Å². The number of aromatic nitrogens is 1. The number of carbonyl (C=O) groups is 1. The first kappa shape index (κ1) is 22.5. The maximum absolute atomic E-state index is 13.1. The van der Waals surface area contributed by atoms with E-state index in [4.69, 9.17) is 11.1 Å². The molecule has 0 radical (unpaired) electrons. The zero-order valence-corrected chi connectivity index (χ0v) is 18.3. The third-order valence-corrected chi connectivity index (χ3v) is 6.16. The molecule has 1 aliphatic carbocycles. The number of pyridine rings is 1. The molecule has 2 aromatic carbocycles. The molecule has 1 fully saturated rings. The number of fused-ring (bicyclic) bond motifs is 1. The van der Waals surface area contributed by atoms with Crippen molar-refractivity contribution in [2.75, 3.05) is 0 Å². The minimum absolute atomic E-state index is 0.0676. The van der Waals surface area contributed by atoms with Crippen molar-refractivity contribution >= 4 is 22.5 Å². The van der Waals surface area contributed by atoms with Crippen molar-refractivity contribution in [1.82, 2.24) is 9.88 Å². The van der Waals surface area contributed by atoms with E-state index in [0.29, 0.717) is 30.5 Å². The van der Waals surface area contributed by atoms with E-state index in [1.54, 1.807) is 18.3 Å². The highest BCUT2D eigenvalue weighted by atomic mass is 16.3. The molecule has 1 amide bonds. The predicted octanol–water partition coefficient (Wildman–Crippen LogP) is 2.92. The Morgan fingerprint density at radius 1 is 1.15 bits per heavy atom. The zero-order chi connectivity index (χ0) is 23.4. The average molecular weight is 445 g/mol. The van der Waals surface area contributed by atoms with Crippen molar-refractivity contribution < 1.29 is 9.90 Å². The topological polar surface area (TPSA) is 121 Å². The van der Waals surface area contributed by atoms with E-state index in [2.05, 4.69) is 5.32 Å². The maximum atomic E-state index is 13.1. The molecule has 170 valence electrons. The zero-order valence-electron chi connectivity index (χ0n) is 18.3. The molecule has 1 aromatic heterocycles. The molecular formula is C26H28N4O3. The Morgan fingerprint density at radius 2 is 1.88 bits per heavy atom. The van der Waals surface area contributed by atoms with E-state index in [0.717, 1.165) is 29.5 Å². The minimum Gasteiger partial charge on any atom is -0.405 e. The molecule has 4 rings (SSSR count). The summed E-state index contributed by atoms with van der Waals surface area (Å²) in [5.74, 6) is -0.456. The summed E-state index contributed by atoms with van der Waals surface area (Å²) in [6, 6.07) is 14.4. The highest BCUT2D eigenvalue weighted by molar-refractivity contribution is 6.06. The first-order chi connectivity index (χ1) is 16.0. The van der Waals surface area contributed by atoms with Gasteiger partial charge in [0, 0.05) is 18.1 Å². The number of carbonyl (C=O) groups excluding carboxylic acids is 1. The number of aliphatic hydroxyl groups is 1. The van der Waals surface area contributed by atoms with Crippen molar-refractivity contribution in [2.45, 2.75) is 44.4 Å². The van der Waals surface area contributed by atoms with Crippen molar-refractivity contribution in [1.29, 1.82) is 5.41 Å². The van der Waals surface area contributed by atoms with Gasteiger partial charge in [-0.25, -0.2) is 0 Å². The van der Waals surface area contributed by atoms with Crippen LogP contribution in [-0.4, -0.2) is 33.4 Å². The van der Waals surface area contributed by atoms with E-state index in [9.17, 15) is 14.7 Å². The van der Waals surface area contributed by atoms with E-state index >= 15 is 0 Å². The summed E-state index contributed by atoms with van der Waals surface area (Å²) < 4.78 is 1.89. The lowest BCUT2D eigenvalue weighted by atomic mass is 9.92. The van der Waals surface area contributed by atoms with Crippen molar-refractivity contribution in [3.8, 4) is 0 Å². The fourth-order valence-electron chi connectivity index (χ4n) is 4.34. The number of rotatable bonds is 6. The van der Waals surface area contributed by atoms with E-state index in [-0.39, 0.29) is 17.0 Å². The lowest BCUT2D eigenvalue weighted by molar-refractivity contribution is 0.0716. The van der Waals surface area contributed by atoms with E-state index < -0.39 is 12.0 Å². The monoisotopic (exact) mass is 444 g/mol. The Hall–Kier alpha value is -3.71. The van der Waals surface area contributed by atoms with Crippen LogP contribution in [0.2, 0.25) is 0 Å². The Balaban J connectivity index is 1.66. The van der Waals surface area contributed by atoms with Gasteiger partial charge in [-0.15, -0.1) is 0 Å². The molecule has 0 aliphatic heterocycles. The quantitative estimate of drug-likeness (QED) is 0.437. The molecule has 7 nitrogen and oxygen atoms in total. The number of benzene rings is 2. The van der Waals surface area contributed by atoms with Crippen LogP contribution in [-0.2, 0) is 6.54 Å². The summed E-state index contributed by atoms with van der Waals surface area (Å²) in [6.45, 7) is 0.452. The summed E-state index contributed by atoms with van der Waals surface area (Å²) in [4.78, 5) is 26.1. The molecule has 0 spiro atoms. The molecule has 1 saturated carbocycles. The lowest BCUT2D eigenvalue weighted by Crippen LogP contribution is -2.46. The number of aliphatic hydroxyl groups excluding tert-OH is 1. The molecule has 0 unspecified atom stereocenters. The largest absolute Gasteiger partial charge is 0.405 e. The Labute approximate surface area is 192 Å². The second-order valence-corrected chi connectivity index (χ2v) is 8.42. The summed E-state index contributed by atoms with van der Waals surface area (Å²) in [7, 11) is 0. The molecule has 0 bridgehead atoms. The molecule has 0 saturated heterocycles. The van der Waals surface area contributed by atoms with E-state index in [1.165, 1.54) is 12.3 Å². The SMILES string of the molecule is N=C(C=CN)c1ccc(Cn2cc(C(=O)N[C@H]3CCCC[C@@H]3O)c(=O)c3ccccc32)cc1. The second kappa shape index (κ2) is 9.83. The molecule has 1 heterocycles. The maximum Gasteiger partial charge on any atom is 0.257 e. The van der Waals surface area contributed by atoms with Gasteiger partial charge in [0.1, 0.15) is 5.56 Å². The average Bonchev–Trinajstić information content (AvgIpc) is 2.83. The molecule has 5 N–H and O–H groups in total. The van der Waals surface area contributed by atoms with Crippen LogP contribution in [0.5, 0.6) is 0 Å². The van der Waals surface area contributed by atoms with Crippen LogP contribution in [0.1, 0.15) is 47.2 Å². The van der Waals surface area contributed by atoms with Crippen LogP contribution >= 0.6 is 0 Å². The number of hydrogen-bond donors (Lipinski definition) is 4. The first-order valence-corrected chi connectivity index (χ1v) is 11.1. The number of nitrogens with two attached hydrogens (primary N) is 1. The summed E-state index contributed by atoms with van der Waals surface area (Å²) in [5.41, 5.74) is 7.89. The standard InChI is InChI=1S/C26H28N4O3/c27-14-13-21(28)18-11-9-17(10-12-18)15-30-16-20(25(32)19-5-1-3-7-23(19)30)26(33)29-22-6-2-4-8-24(22)31/h1,3,5,7,9-14,16,22,24,28,31H,2,4,6,8,15,27H2,(H,29,33)/t22-,24-/m0/s1. The summed E-state index contributed by atoms with van der Waals surface area (Å²) in [6.07, 6.45) is 7.12. The second-order valence-electron chi connectivity index (χ2n) is 8.42. The third kappa shape index (κ3) is 4.88. The van der Waals surface area contributed by atoms with Gasteiger partial charge in [-0.2, -0.15) is 0 Å². The summed E-state index contributed by atoms with van der Waals surface area (Å²) >= 11 is 0. The van der Waals surface area contributed by atoms with Gasteiger partial charge in [-0.05, 0) is 48.4 Å². The van der Waals surface area contributed by atoms with Crippen LogP contribution in [0.25, 0.3) is 10.9 Å². The van der Waals surface area contributed by atoms with Gasteiger partial charge in [-0.1, -0.05) is 49.2 Å². The van der Waals surface area contributed by atoms with Crippen molar-refractivity contribution in [3.63, 3.8) is 0 Å².